The minimum atomic E-state index is -0.0830. The van der Waals surface area contributed by atoms with E-state index in [-0.39, 0.29) is 5.56 Å². The monoisotopic (exact) mass is 299 g/mol. The van der Waals surface area contributed by atoms with E-state index < -0.39 is 0 Å². The van der Waals surface area contributed by atoms with Crippen molar-refractivity contribution in [1.82, 2.24) is 19.4 Å². The van der Waals surface area contributed by atoms with Crippen LogP contribution in [0.4, 0.5) is 0 Å². The Bertz CT molecular complexity index is 878. The molecule has 0 aliphatic rings. The van der Waals surface area contributed by atoms with Crippen molar-refractivity contribution >= 4 is 12.2 Å². The second-order valence-electron chi connectivity index (χ2n) is 4.59. The first-order valence-electron chi connectivity index (χ1n) is 6.32. The predicted octanol–water partition coefficient (Wildman–Crippen LogP) is 1.53. The molecule has 0 bridgehead atoms. The Balaban J connectivity index is 2.03. The average Bonchev–Trinajstić information content (AvgIpc) is 2.83. The Morgan fingerprint density at radius 1 is 1.19 bits per heavy atom. The SMILES string of the molecule is Nn1c(-c2ccc(=O)n(Cc3ccccc3)c2)n[nH]c1=S. The zero-order chi connectivity index (χ0) is 14.8. The van der Waals surface area contributed by atoms with E-state index in [1.54, 1.807) is 16.8 Å². The predicted molar refractivity (Wildman–Crippen MR) is 82.8 cm³/mol. The molecule has 0 aliphatic heterocycles. The lowest BCUT2D eigenvalue weighted by Crippen LogP contribution is -2.20. The fraction of sp³-hybridized carbons (Fsp3) is 0.0714. The van der Waals surface area contributed by atoms with Crippen molar-refractivity contribution in [3.8, 4) is 11.4 Å². The van der Waals surface area contributed by atoms with Gasteiger partial charge in [0.25, 0.3) is 5.56 Å². The van der Waals surface area contributed by atoms with Crippen LogP contribution in [0.15, 0.2) is 53.5 Å². The van der Waals surface area contributed by atoms with E-state index in [0.717, 1.165) is 11.1 Å². The number of rotatable bonds is 3. The molecule has 6 nitrogen and oxygen atoms in total. The van der Waals surface area contributed by atoms with Crippen LogP contribution in [0.3, 0.4) is 0 Å². The first kappa shape index (κ1) is 13.3. The fourth-order valence-corrected chi connectivity index (χ4v) is 2.21. The Morgan fingerprint density at radius 3 is 2.62 bits per heavy atom. The summed E-state index contributed by atoms with van der Waals surface area (Å²) in [7, 11) is 0. The van der Waals surface area contributed by atoms with Gasteiger partial charge in [-0.3, -0.25) is 4.79 Å². The van der Waals surface area contributed by atoms with Crippen molar-refractivity contribution in [2.45, 2.75) is 6.54 Å². The van der Waals surface area contributed by atoms with Crippen LogP contribution in [0.25, 0.3) is 11.4 Å². The minimum absolute atomic E-state index is 0.0830. The van der Waals surface area contributed by atoms with E-state index in [4.69, 9.17) is 18.1 Å². The standard InChI is InChI=1S/C14H13N5OS/c15-19-13(16-17-14(19)21)11-6-7-12(20)18(9-11)8-10-4-2-1-3-5-10/h1-7,9H,8,15H2,(H,17,21). The summed E-state index contributed by atoms with van der Waals surface area (Å²) in [5, 5.41) is 6.69. The fourth-order valence-electron chi connectivity index (χ4n) is 2.08. The molecule has 21 heavy (non-hydrogen) atoms. The van der Waals surface area contributed by atoms with Crippen LogP contribution in [0.5, 0.6) is 0 Å². The van der Waals surface area contributed by atoms with Crippen LogP contribution in [-0.4, -0.2) is 19.4 Å². The summed E-state index contributed by atoms with van der Waals surface area (Å²) in [6.45, 7) is 0.489. The van der Waals surface area contributed by atoms with Gasteiger partial charge < -0.3 is 10.4 Å². The van der Waals surface area contributed by atoms with Gasteiger partial charge in [0.1, 0.15) is 0 Å². The van der Waals surface area contributed by atoms with Crippen LogP contribution in [0.1, 0.15) is 5.56 Å². The molecule has 0 spiro atoms. The van der Waals surface area contributed by atoms with Crippen molar-refractivity contribution < 1.29 is 0 Å². The van der Waals surface area contributed by atoms with Gasteiger partial charge in [-0.05, 0) is 23.8 Å². The van der Waals surface area contributed by atoms with Crippen LogP contribution in [0, 0.1) is 4.77 Å². The Morgan fingerprint density at radius 2 is 1.95 bits per heavy atom. The number of nitrogens with one attached hydrogen (secondary N) is 1. The molecule has 3 aromatic rings. The van der Waals surface area contributed by atoms with E-state index in [2.05, 4.69) is 10.2 Å². The zero-order valence-corrected chi connectivity index (χ0v) is 11.9. The molecule has 0 atom stereocenters. The van der Waals surface area contributed by atoms with Crippen LogP contribution in [-0.2, 0) is 6.54 Å². The summed E-state index contributed by atoms with van der Waals surface area (Å²) in [6.07, 6.45) is 1.73. The van der Waals surface area contributed by atoms with E-state index in [1.165, 1.54) is 10.7 Å². The van der Waals surface area contributed by atoms with E-state index >= 15 is 0 Å². The van der Waals surface area contributed by atoms with Gasteiger partial charge in [0.15, 0.2) is 5.82 Å². The molecule has 0 amide bonds. The van der Waals surface area contributed by atoms with Gasteiger partial charge in [0.05, 0.1) is 6.54 Å². The number of hydrogen-bond acceptors (Lipinski definition) is 4. The molecule has 2 heterocycles. The molecule has 0 fully saturated rings. The molecule has 106 valence electrons. The zero-order valence-electron chi connectivity index (χ0n) is 11.1. The molecule has 0 aliphatic carbocycles. The Labute approximate surface area is 125 Å². The van der Waals surface area contributed by atoms with E-state index in [0.29, 0.717) is 17.1 Å². The third kappa shape index (κ3) is 2.63. The molecular weight excluding hydrogens is 286 g/mol. The maximum atomic E-state index is 12.0. The Kier molecular flexibility index (Phi) is 3.41. The highest BCUT2D eigenvalue weighted by Crippen LogP contribution is 2.13. The number of nitrogen functional groups attached to an aromatic ring is 1. The number of hydrogen-bond donors (Lipinski definition) is 2. The third-order valence-electron chi connectivity index (χ3n) is 3.14. The number of nitrogens with zero attached hydrogens (tertiary/aromatic N) is 3. The molecular formula is C14H13N5OS. The first-order chi connectivity index (χ1) is 10.1. The molecule has 3 rings (SSSR count). The van der Waals surface area contributed by atoms with Gasteiger partial charge in [-0.2, -0.15) is 5.10 Å². The molecule has 0 saturated heterocycles. The summed E-state index contributed by atoms with van der Waals surface area (Å²) < 4.78 is 3.22. The highest BCUT2D eigenvalue weighted by molar-refractivity contribution is 7.71. The quantitative estimate of drug-likeness (QED) is 0.567. The van der Waals surface area contributed by atoms with E-state index in [9.17, 15) is 4.79 Å². The summed E-state index contributed by atoms with van der Waals surface area (Å²) in [6, 6.07) is 12.9. The molecule has 7 heteroatoms. The van der Waals surface area contributed by atoms with Gasteiger partial charge in [-0.25, -0.2) is 9.77 Å². The molecule has 0 unspecified atom stereocenters. The highest BCUT2D eigenvalue weighted by Gasteiger charge is 2.08. The Hall–Kier alpha value is -2.67. The van der Waals surface area contributed by atoms with Crippen LogP contribution >= 0.6 is 12.2 Å². The number of H-pyrrole nitrogens is 1. The van der Waals surface area contributed by atoms with E-state index in [1.807, 2.05) is 30.3 Å². The average molecular weight is 299 g/mol. The van der Waals surface area contributed by atoms with Crippen molar-refractivity contribution in [2.75, 3.05) is 5.84 Å². The summed E-state index contributed by atoms with van der Waals surface area (Å²) in [5.74, 6) is 6.29. The largest absolute Gasteiger partial charge is 0.335 e. The molecule has 0 radical (unpaired) electrons. The smallest absolute Gasteiger partial charge is 0.250 e. The third-order valence-corrected chi connectivity index (χ3v) is 3.43. The van der Waals surface area contributed by atoms with Crippen LogP contribution < -0.4 is 11.4 Å². The highest BCUT2D eigenvalue weighted by atomic mass is 32.1. The lowest BCUT2D eigenvalue weighted by molar-refractivity contribution is 0.759. The number of pyridine rings is 1. The number of aromatic nitrogens is 4. The second-order valence-corrected chi connectivity index (χ2v) is 4.98. The molecule has 1 aromatic carbocycles. The molecule has 3 N–H and O–H groups in total. The van der Waals surface area contributed by atoms with Gasteiger partial charge in [-0.1, -0.05) is 30.3 Å². The van der Waals surface area contributed by atoms with Crippen molar-refractivity contribution in [1.29, 1.82) is 0 Å². The topological polar surface area (TPSA) is 81.6 Å². The maximum absolute atomic E-state index is 12.0. The van der Waals surface area contributed by atoms with Crippen molar-refractivity contribution in [2.24, 2.45) is 0 Å². The lowest BCUT2D eigenvalue weighted by Gasteiger charge is -2.08. The van der Waals surface area contributed by atoms with Crippen LogP contribution in [0.2, 0.25) is 0 Å². The van der Waals surface area contributed by atoms with Gasteiger partial charge in [0, 0.05) is 17.8 Å². The number of nitrogens with two attached hydrogens (primary N) is 1. The number of aromatic amines is 1. The molecule has 2 aromatic heterocycles. The second kappa shape index (κ2) is 5.37. The summed E-state index contributed by atoms with van der Waals surface area (Å²) in [5.41, 5.74) is 1.68. The minimum Gasteiger partial charge on any atom is -0.335 e. The van der Waals surface area contributed by atoms with Crippen molar-refractivity contribution in [3.05, 3.63) is 69.3 Å². The van der Waals surface area contributed by atoms with Gasteiger partial charge >= 0.3 is 0 Å². The lowest BCUT2D eigenvalue weighted by atomic mass is 10.2. The first-order valence-corrected chi connectivity index (χ1v) is 6.73. The summed E-state index contributed by atoms with van der Waals surface area (Å²) >= 11 is 4.99. The number of benzene rings is 1. The summed E-state index contributed by atoms with van der Waals surface area (Å²) in [4.78, 5) is 12.0. The normalized spacial score (nSPS) is 10.7. The maximum Gasteiger partial charge on any atom is 0.250 e. The molecule has 0 saturated carbocycles. The van der Waals surface area contributed by atoms with Gasteiger partial charge in [-0.15, -0.1) is 0 Å². The van der Waals surface area contributed by atoms with Crippen molar-refractivity contribution in [3.63, 3.8) is 0 Å². The van der Waals surface area contributed by atoms with Gasteiger partial charge in [0.2, 0.25) is 4.77 Å².